The minimum Gasteiger partial charge on any atom is -0.394 e. The maximum absolute atomic E-state index is 10.1. The molecule has 0 aromatic carbocycles. The number of hydrogen-bond donors (Lipinski definition) is 6. The van der Waals surface area contributed by atoms with Crippen LogP contribution in [0.5, 0.6) is 0 Å². The fourth-order valence-electron chi connectivity index (χ4n) is 3.16. The molecule has 23 heavy (non-hydrogen) atoms. The SMILES string of the molecule is C[C@]1(O)C(CO)O[C@@H](O[C@@H]2C3COC2[C@@H](O)[C@H](O)O3)[C@@H](O)[C@H]1O. The van der Waals surface area contributed by atoms with E-state index in [2.05, 4.69) is 0 Å². The maximum Gasteiger partial charge on any atom is 0.187 e. The molecule has 0 amide bonds. The van der Waals surface area contributed by atoms with Gasteiger partial charge in [0.15, 0.2) is 12.6 Å². The summed E-state index contributed by atoms with van der Waals surface area (Å²) in [5, 5.41) is 58.9. The highest BCUT2D eigenvalue weighted by Crippen LogP contribution is 2.35. The fraction of sp³-hybridized carbons (Fsp3) is 1.00. The van der Waals surface area contributed by atoms with E-state index in [9.17, 15) is 30.6 Å². The average Bonchev–Trinajstić information content (AvgIpc) is 2.82. The van der Waals surface area contributed by atoms with E-state index in [-0.39, 0.29) is 6.61 Å². The first-order chi connectivity index (χ1) is 10.8. The second-order valence-electron chi connectivity index (χ2n) is 6.29. The standard InChI is InChI=1S/C13H22O10/c1-13(19)5(2-14)22-12(7(16)10(13)17)23-8-4-3-20-9(8)6(15)11(18)21-4/h4-12,14-19H,2-3H2,1H3/t4?,5?,6-,7+,8-,9?,10-,11-,12+,13+/m1/s1. The van der Waals surface area contributed by atoms with Gasteiger partial charge in [0.2, 0.25) is 0 Å². The van der Waals surface area contributed by atoms with Crippen molar-refractivity contribution in [2.24, 2.45) is 0 Å². The van der Waals surface area contributed by atoms with Crippen LogP contribution in [0.4, 0.5) is 0 Å². The predicted octanol–water partition coefficient (Wildman–Crippen LogP) is -3.96. The van der Waals surface area contributed by atoms with Crippen molar-refractivity contribution in [3.8, 4) is 0 Å². The van der Waals surface area contributed by atoms with Crippen molar-refractivity contribution in [3.05, 3.63) is 0 Å². The Labute approximate surface area is 131 Å². The normalized spacial score (nSPS) is 56.7. The molecule has 0 aromatic heterocycles. The zero-order valence-corrected chi connectivity index (χ0v) is 12.4. The van der Waals surface area contributed by atoms with Crippen molar-refractivity contribution in [1.29, 1.82) is 0 Å². The third kappa shape index (κ3) is 2.78. The highest BCUT2D eigenvalue weighted by Gasteiger charge is 2.56. The van der Waals surface area contributed by atoms with Crippen LogP contribution in [-0.4, -0.2) is 105 Å². The Hall–Kier alpha value is -0.400. The second-order valence-corrected chi connectivity index (χ2v) is 6.29. The zero-order valence-electron chi connectivity index (χ0n) is 12.4. The third-order valence-corrected chi connectivity index (χ3v) is 4.69. The van der Waals surface area contributed by atoms with Crippen molar-refractivity contribution in [3.63, 3.8) is 0 Å². The van der Waals surface area contributed by atoms with Crippen LogP contribution in [0.15, 0.2) is 0 Å². The van der Waals surface area contributed by atoms with Gasteiger partial charge in [-0.1, -0.05) is 0 Å². The molecule has 3 saturated heterocycles. The summed E-state index contributed by atoms with van der Waals surface area (Å²) in [6.07, 6.45) is -10.9. The zero-order chi connectivity index (χ0) is 16.9. The molecule has 3 heterocycles. The van der Waals surface area contributed by atoms with Gasteiger partial charge in [0.25, 0.3) is 0 Å². The molecule has 2 bridgehead atoms. The highest BCUT2D eigenvalue weighted by molar-refractivity contribution is 5.01. The summed E-state index contributed by atoms with van der Waals surface area (Å²) in [4.78, 5) is 0. The van der Waals surface area contributed by atoms with Crippen LogP contribution in [0.3, 0.4) is 0 Å². The van der Waals surface area contributed by atoms with Crippen LogP contribution >= 0.6 is 0 Å². The lowest BCUT2D eigenvalue weighted by atomic mass is 9.86. The highest BCUT2D eigenvalue weighted by atomic mass is 16.7. The van der Waals surface area contributed by atoms with E-state index in [0.29, 0.717) is 0 Å². The molecule has 0 aliphatic carbocycles. The van der Waals surface area contributed by atoms with Gasteiger partial charge in [-0.3, -0.25) is 0 Å². The molecule has 0 saturated carbocycles. The predicted molar refractivity (Wildman–Crippen MR) is 69.9 cm³/mol. The van der Waals surface area contributed by atoms with Gasteiger partial charge in [-0.05, 0) is 6.92 Å². The maximum atomic E-state index is 10.1. The minimum atomic E-state index is -1.86. The van der Waals surface area contributed by atoms with Gasteiger partial charge in [0.05, 0.1) is 13.2 Å². The lowest BCUT2D eigenvalue weighted by molar-refractivity contribution is -0.353. The molecule has 3 fully saturated rings. The van der Waals surface area contributed by atoms with Crippen molar-refractivity contribution in [1.82, 2.24) is 0 Å². The Morgan fingerprint density at radius 1 is 1.13 bits per heavy atom. The van der Waals surface area contributed by atoms with Gasteiger partial charge in [-0.15, -0.1) is 0 Å². The lowest BCUT2D eigenvalue weighted by Crippen LogP contribution is -2.67. The van der Waals surface area contributed by atoms with Gasteiger partial charge in [-0.2, -0.15) is 0 Å². The number of ether oxygens (including phenoxy) is 4. The third-order valence-electron chi connectivity index (χ3n) is 4.69. The Morgan fingerprint density at radius 3 is 2.48 bits per heavy atom. The smallest absolute Gasteiger partial charge is 0.187 e. The summed E-state index contributed by atoms with van der Waals surface area (Å²) in [5.74, 6) is 0. The first kappa shape index (κ1) is 17.4. The molecule has 10 nitrogen and oxygen atoms in total. The Bertz CT molecular complexity index is 427. The van der Waals surface area contributed by atoms with Crippen molar-refractivity contribution >= 4 is 0 Å². The van der Waals surface area contributed by atoms with Crippen LogP contribution in [0.1, 0.15) is 6.92 Å². The molecule has 3 aliphatic heterocycles. The molecule has 0 aromatic rings. The van der Waals surface area contributed by atoms with E-state index in [4.69, 9.17) is 18.9 Å². The average molecular weight is 338 g/mol. The number of hydrogen-bond acceptors (Lipinski definition) is 10. The van der Waals surface area contributed by atoms with E-state index in [1.807, 2.05) is 0 Å². The number of fused-ring (bicyclic) bond motifs is 2. The molecule has 134 valence electrons. The number of aliphatic hydroxyl groups is 6. The minimum absolute atomic E-state index is 0.0793. The number of aliphatic hydroxyl groups excluding tert-OH is 5. The van der Waals surface area contributed by atoms with Crippen molar-refractivity contribution in [2.75, 3.05) is 13.2 Å². The molecule has 0 radical (unpaired) electrons. The molecule has 3 aliphatic rings. The lowest BCUT2D eigenvalue weighted by Gasteiger charge is -2.47. The Morgan fingerprint density at radius 2 is 1.83 bits per heavy atom. The largest absolute Gasteiger partial charge is 0.394 e. The van der Waals surface area contributed by atoms with Crippen molar-refractivity contribution < 1.29 is 49.6 Å². The molecule has 10 atom stereocenters. The summed E-state index contributed by atoms with van der Waals surface area (Å²) >= 11 is 0. The molecule has 3 rings (SSSR count). The molecular weight excluding hydrogens is 316 g/mol. The van der Waals surface area contributed by atoms with Gasteiger partial charge in [-0.25, -0.2) is 0 Å². The Balaban J connectivity index is 1.73. The molecule has 6 N–H and O–H groups in total. The van der Waals surface area contributed by atoms with Gasteiger partial charge in [0, 0.05) is 0 Å². The van der Waals surface area contributed by atoms with Crippen LogP contribution in [0.2, 0.25) is 0 Å². The summed E-state index contributed by atoms with van der Waals surface area (Å²) in [5.41, 5.74) is -1.86. The molecule has 10 heteroatoms. The Kier molecular flexibility index (Phi) is 4.66. The first-order valence-electron chi connectivity index (χ1n) is 7.41. The topological polar surface area (TPSA) is 158 Å². The van der Waals surface area contributed by atoms with Crippen LogP contribution in [0, 0.1) is 0 Å². The molecule has 3 unspecified atom stereocenters. The van der Waals surface area contributed by atoms with Gasteiger partial charge < -0.3 is 49.6 Å². The van der Waals surface area contributed by atoms with Gasteiger partial charge >= 0.3 is 0 Å². The second kappa shape index (κ2) is 6.15. The van der Waals surface area contributed by atoms with Crippen LogP contribution in [-0.2, 0) is 18.9 Å². The van der Waals surface area contributed by atoms with Crippen LogP contribution < -0.4 is 0 Å². The van der Waals surface area contributed by atoms with Crippen molar-refractivity contribution in [2.45, 2.75) is 67.8 Å². The fourth-order valence-corrected chi connectivity index (χ4v) is 3.16. The van der Waals surface area contributed by atoms with Crippen LogP contribution in [0.25, 0.3) is 0 Å². The monoisotopic (exact) mass is 338 g/mol. The van der Waals surface area contributed by atoms with E-state index < -0.39 is 67.5 Å². The van der Waals surface area contributed by atoms with E-state index >= 15 is 0 Å². The summed E-state index contributed by atoms with van der Waals surface area (Å²) < 4.78 is 21.4. The van der Waals surface area contributed by atoms with E-state index in [0.717, 1.165) is 0 Å². The van der Waals surface area contributed by atoms with Gasteiger partial charge in [0.1, 0.15) is 48.3 Å². The quantitative estimate of drug-likeness (QED) is 0.300. The first-order valence-corrected chi connectivity index (χ1v) is 7.41. The molecular formula is C13H22O10. The van der Waals surface area contributed by atoms with E-state index in [1.165, 1.54) is 6.92 Å². The molecule has 0 spiro atoms. The summed E-state index contributed by atoms with van der Waals surface area (Å²) in [6.45, 7) is 0.715. The van der Waals surface area contributed by atoms with E-state index in [1.54, 1.807) is 0 Å². The summed E-state index contributed by atoms with van der Waals surface area (Å²) in [7, 11) is 0. The number of rotatable bonds is 3. The summed E-state index contributed by atoms with van der Waals surface area (Å²) in [6, 6.07) is 0.